The Morgan fingerprint density at radius 2 is 0.418 bits per heavy atom. The van der Waals surface area contributed by atoms with Crippen LogP contribution in [-0.2, 0) is 131 Å². The summed E-state index contributed by atoms with van der Waals surface area (Å²) in [4.78, 5) is 0. The maximum atomic E-state index is 11.8. The minimum Gasteiger partial charge on any atom is -0.412 e. The van der Waals surface area contributed by atoms with Crippen molar-refractivity contribution >= 4 is 361 Å². The zero-order valence-corrected chi connectivity index (χ0v) is 78.6. The van der Waals surface area contributed by atoms with Gasteiger partial charge in [0.25, 0.3) is 0 Å². The van der Waals surface area contributed by atoms with Gasteiger partial charge in [-0.25, -0.2) is 33.5 Å². The molecule has 110 heavy (non-hydrogen) atoms. The zero-order chi connectivity index (χ0) is 42.3. The summed E-state index contributed by atoms with van der Waals surface area (Å²) >= 11 is 0. The average molecular weight is 2120 g/mol. The molecular formula is C11H100Al16O75S8. The summed E-state index contributed by atoms with van der Waals surface area (Å²) in [7, 11) is -48.9. The van der Waals surface area contributed by atoms with Crippen molar-refractivity contribution in [1.82, 2.24) is 0 Å². The number of hydrogen-bond acceptors (Lipinski definition) is 27. The molecule has 0 amide bonds. The number of ether oxygens (including phenoxy) is 3. The second kappa shape index (κ2) is 159. The van der Waals surface area contributed by atoms with E-state index < -0.39 is 151 Å². The SMILES string of the molecule is O.O.O.O.O.O.O.O.O.O.O.O.O.O.O.O.O.O.O.O.O.O.O.O.O.O.O.O.O.O.O.O.O.O.O.O.O.O.O.O.O=S(=O)(O)OC[C@H]1O[C@@H](O[C@]2(COS(=O)(=O)O)O[C@H](OS(=O)(=O)O)[C@@H](OS(=O)(=O)O)[C@@H]2OS(=O)(=O)O)[C@H](OS(=O)(=O)O)[C@@H](OS(=O)(=O)O)[C@@H]1OS(=O)(=O)O.[Al].[Al].[Al].[Al].[Al].[Al].[Al].[Al].[Al].[Al].[Al].[Al].[Al].[Al].[Al].[Al]. The highest BCUT2D eigenvalue weighted by molar-refractivity contribution is 7.82. The first kappa shape index (κ1) is 413. The van der Waals surface area contributed by atoms with Gasteiger partial charge in [-0.05, 0) is 0 Å². The van der Waals surface area contributed by atoms with Crippen LogP contribution in [-0.4, -0.2) is 669 Å². The highest BCUT2D eigenvalue weighted by Crippen LogP contribution is 2.43. The van der Waals surface area contributed by atoms with Crippen LogP contribution in [0.25, 0.3) is 0 Å². The summed E-state index contributed by atoms with van der Waals surface area (Å²) in [6.45, 7) is -4.45. The van der Waals surface area contributed by atoms with Crippen LogP contribution in [0, 0.1) is 0 Å². The first-order valence-corrected chi connectivity index (χ1v) is 22.8. The smallest absolute Gasteiger partial charge is 0.399 e. The topological polar surface area (TPSA) is 1800 Å². The molecule has 0 saturated carbocycles. The van der Waals surface area contributed by atoms with Gasteiger partial charge in [-0.15, -0.1) is 0 Å². The van der Waals surface area contributed by atoms with E-state index in [9.17, 15) is 90.1 Å². The van der Waals surface area contributed by atoms with Gasteiger partial charge in [0.2, 0.25) is 12.1 Å². The Kier molecular flexibility index (Phi) is 596. The lowest BCUT2D eigenvalue weighted by Crippen LogP contribution is -2.65. The molecule has 2 aliphatic rings. The summed E-state index contributed by atoms with van der Waals surface area (Å²) < 4.78 is 306. The second-order valence-electron chi connectivity index (χ2n) is 9.28. The van der Waals surface area contributed by atoms with Crippen molar-refractivity contribution in [3.8, 4) is 0 Å². The second-order valence-corrected chi connectivity index (χ2v) is 17.8. The minimum atomic E-state index is -6.30. The molecule has 690 valence electrons. The molecule has 99 heteroatoms. The maximum Gasteiger partial charge on any atom is 0.399 e. The minimum absolute atomic E-state index is 0. The Balaban J connectivity index is -0.0000000102. The Morgan fingerprint density at radius 1 is 0.227 bits per heavy atom. The van der Waals surface area contributed by atoms with Gasteiger partial charge in [-0.1, -0.05) is 0 Å². The molecule has 0 aromatic rings. The molecule has 0 aromatic carbocycles. The lowest BCUT2D eigenvalue weighted by molar-refractivity contribution is -0.379. The van der Waals surface area contributed by atoms with E-state index in [1.165, 1.54) is 0 Å². The van der Waals surface area contributed by atoms with Crippen LogP contribution in [0.4, 0.5) is 0 Å². The molecule has 2 rings (SSSR count). The molecule has 2 fully saturated rings. The summed E-state index contributed by atoms with van der Waals surface area (Å²) in [5.41, 5.74) is 0. The van der Waals surface area contributed by atoms with Crippen molar-refractivity contribution in [3.05, 3.63) is 0 Å². The summed E-state index contributed by atoms with van der Waals surface area (Å²) in [6.07, 6.45) is -27.2. The van der Waals surface area contributed by atoms with Crippen LogP contribution in [0.1, 0.15) is 0 Å². The van der Waals surface area contributed by atoms with Crippen LogP contribution in [0.2, 0.25) is 0 Å². The zero-order valence-electron chi connectivity index (χ0n) is 53.6. The van der Waals surface area contributed by atoms with Crippen molar-refractivity contribution < 1.29 is 370 Å². The molecule has 0 aromatic heterocycles. The fraction of sp³-hybridized carbons (Fsp3) is 1.00. The highest BCUT2D eigenvalue weighted by Gasteiger charge is 2.66. The molecule has 0 bridgehead atoms. The Morgan fingerprint density at radius 3 is 0.618 bits per heavy atom. The van der Waals surface area contributed by atoms with Gasteiger partial charge in [0.1, 0.15) is 24.9 Å². The molecule has 0 spiro atoms. The maximum absolute atomic E-state index is 11.8. The van der Waals surface area contributed by atoms with E-state index in [4.69, 9.17) is 27.9 Å². The van der Waals surface area contributed by atoms with Crippen molar-refractivity contribution in [3.63, 3.8) is 0 Å². The van der Waals surface area contributed by atoms with Crippen LogP contribution in [0.5, 0.6) is 0 Å². The Hall–Kier alpha value is 5.76. The normalized spacial score (nSPS) is 15.2. The van der Waals surface area contributed by atoms with Gasteiger partial charge >= 0.3 is 83.2 Å². The van der Waals surface area contributed by atoms with Gasteiger partial charge in [-0.2, -0.15) is 67.3 Å². The third-order valence-electron chi connectivity index (χ3n) is 5.39. The first-order chi connectivity index (χ1) is 23.7. The molecule has 88 N–H and O–H groups in total. The quantitative estimate of drug-likeness (QED) is 0.0414. The summed E-state index contributed by atoms with van der Waals surface area (Å²) in [5.74, 6) is -4.27. The van der Waals surface area contributed by atoms with Crippen molar-refractivity contribution in [2.45, 2.75) is 55.0 Å². The summed E-state index contributed by atoms with van der Waals surface area (Å²) in [5, 5.41) is 0. The van der Waals surface area contributed by atoms with E-state index in [2.05, 4.69) is 33.5 Å². The van der Waals surface area contributed by atoms with Crippen molar-refractivity contribution in [2.75, 3.05) is 13.2 Å². The van der Waals surface area contributed by atoms with Crippen molar-refractivity contribution in [2.24, 2.45) is 0 Å². The molecule has 9 atom stereocenters. The number of hydrogen-bond donors (Lipinski definition) is 8. The van der Waals surface area contributed by atoms with Gasteiger partial charge in [0, 0.05) is 278 Å². The largest absolute Gasteiger partial charge is 0.412 e. The molecule has 2 saturated heterocycles. The molecule has 2 heterocycles. The standard InChI is InChI=1S/C11H20O35S8.16Al.40H2O/c12-47(13,14)36-1-3-4(41-49(18,19)20)5(42-50(21,22)23)6(43-51(24,25)26)9(38-3)39-11(2-37-48(15,16)17)8(45-53(30,31)32)7(44-52(27,28)29)10(40-11)46-54(33,34)35;;;;;;;;;;;;;;;;;;;;;;;;;;;;;;;;;;;;;;;;;;;;;;;;;;;;;;;;/h3-10H,1-2H2,(H,12,13,14)(H,15,16,17)(H,18,19,20)(H,21,22,23)(H,24,25,26)(H,27,28,29)(H,30,31,32)(H,33,34,35);;;;;;;;;;;;;;;;;40*1H2/t3-,4-,5+,6-,7+,8+,9+,10-,11-;;;;;;;;;;;;;;;;;;;;;;;;;;;;;;;;;;;;;;;;;;;;;;;;;;;;;;;;/m1......................................................../s1. The highest BCUT2D eigenvalue weighted by atomic mass is 32.3. The monoisotopic (exact) mass is 2120 g/mol. The fourth-order valence-corrected chi connectivity index (χ4v) is 7.52. The van der Waals surface area contributed by atoms with Crippen LogP contribution in [0.15, 0.2) is 0 Å². The fourth-order valence-electron chi connectivity index (χ4n) is 4.02. The Labute approximate surface area is 791 Å². The van der Waals surface area contributed by atoms with E-state index in [0.717, 1.165) is 0 Å². The third-order valence-corrected chi connectivity index (χ3v) is 8.98. The van der Waals surface area contributed by atoms with Gasteiger partial charge in [0.05, 0.1) is 6.61 Å². The molecular weight excluding hydrogens is 2020 g/mol. The van der Waals surface area contributed by atoms with Crippen LogP contribution >= 0.6 is 0 Å². The van der Waals surface area contributed by atoms with E-state index in [-0.39, 0.29) is 497 Å². The van der Waals surface area contributed by atoms with Crippen LogP contribution in [0.3, 0.4) is 0 Å². The molecule has 48 radical (unpaired) electrons. The first-order valence-electron chi connectivity index (χ1n) is 11.9. The van der Waals surface area contributed by atoms with Crippen molar-refractivity contribution in [1.29, 1.82) is 0 Å². The van der Waals surface area contributed by atoms with Gasteiger partial charge < -0.3 is 233 Å². The van der Waals surface area contributed by atoms with E-state index in [1.54, 1.807) is 0 Å². The molecule has 0 aliphatic carbocycles. The molecule has 0 unspecified atom stereocenters. The van der Waals surface area contributed by atoms with Gasteiger partial charge in [0.15, 0.2) is 24.6 Å². The van der Waals surface area contributed by atoms with E-state index >= 15 is 0 Å². The predicted octanol–water partition coefficient (Wildman–Crippen LogP) is -45.9. The van der Waals surface area contributed by atoms with E-state index in [1.807, 2.05) is 0 Å². The lowest BCUT2D eigenvalue weighted by atomic mass is 9.99. The molecule has 75 nitrogen and oxygen atoms in total. The predicted molar refractivity (Wildman–Crippen MR) is 384 cm³/mol. The van der Waals surface area contributed by atoms with Crippen LogP contribution < -0.4 is 0 Å². The van der Waals surface area contributed by atoms with E-state index in [0.29, 0.717) is 0 Å². The van der Waals surface area contributed by atoms with Gasteiger partial charge in [-0.3, -0.25) is 36.4 Å². The number of rotatable bonds is 20. The molecule has 2 aliphatic heterocycles. The summed E-state index contributed by atoms with van der Waals surface area (Å²) in [6, 6.07) is 0. The lowest BCUT2D eigenvalue weighted by Gasteiger charge is -2.45. The Bertz CT molecular complexity index is 2340. The third kappa shape index (κ3) is 168. The average Bonchev–Trinajstić information content (AvgIpc) is 3.10.